The maximum absolute atomic E-state index is 11.9. The van der Waals surface area contributed by atoms with Gasteiger partial charge in [-0.2, -0.15) is 5.10 Å². The van der Waals surface area contributed by atoms with Crippen molar-refractivity contribution in [2.24, 2.45) is 5.92 Å². The summed E-state index contributed by atoms with van der Waals surface area (Å²) in [5.41, 5.74) is 3.47. The number of aromatic nitrogens is 2. The highest BCUT2D eigenvalue weighted by atomic mass is 35.5. The summed E-state index contributed by atoms with van der Waals surface area (Å²) in [6.07, 6.45) is 2.42. The van der Waals surface area contributed by atoms with Crippen LogP contribution in [0.1, 0.15) is 50.6 Å². The number of hydrogen-bond acceptors (Lipinski definition) is 3. The Kier molecular flexibility index (Phi) is 10.9. The van der Waals surface area contributed by atoms with Crippen LogP contribution < -0.4 is 10.6 Å². The lowest BCUT2D eigenvalue weighted by Gasteiger charge is -2.08. The van der Waals surface area contributed by atoms with E-state index in [9.17, 15) is 4.79 Å². The van der Waals surface area contributed by atoms with Crippen molar-refractivity contribution in [2.45, 2.75) is 60.4 Å². The Morgan fingerprint density at radius 3 is 2.52 bits per heavy atom. The number of hydrogen-bond donors (Lipinski definition) is 2. The quantitative estimate of drug-likeness (QED) is 0.641. The van der Waals surface area contributed by atoms with Crippen molar-refractivity contribution in [3.8, 4) is 0 Å². The highest BCUT2D eigenvalue weighted by Crippen LogP contribution is 2.16. The minimum absolute atomic E-state index is 0. The van der Waals surface area contributed by atoms with Crippen LogP contribution in [0, 0.1) is 19.8 Å². The van der Waals surface area contributed by atoms with Crippen molar-refractivity contribution in [2.75, 3.05) is 19.6 Å². The molecule has 0 aliphatic carbocycles. The predicted molar refractivity (Wildman–Crippen MR) is 98.3 cm³/mol. The summed E-state index contributed by atoms with van der Waals surface area (Å²) in [6.45, 7) is 14.1. The summed E-state index contributed by atoms with van der Waals surface area (Å²) in [7, 11) is 0. The van der Waals surface area contributed by atoms with E-state index in [1.54, 1.807) is 0 Å². The van der Waals surface area contributed by atoms with Crippen molar-refractivity contribution in [1.82, 2.24) is 20.4 Å². The van der Waals surface area contributed by atoms with Crippen LogP contribution in [-0.4, -0.2) is 35.3 Å². The first-order valence-electron chi connectivity index (χ1n) is 8.46. The summed E-state index contributed by atoms with van der Waals surface area (Å²) in [5.74, 6) is 0.693. The highest BCUT2D eigenvalue weighted by molar-refractivity contribution is 5.85. The van der Waals surface area contributed by atoms with Gasteiger partial charge in [-0.25, -0.2) is 0 Å². The molecule has 0 aliphatic heterocycles. The van der Waals surface area contributed by atoms with E-state index in [1.807, 2.05) is 6.92 Å². The van der Waals surface area contributed by atoms with Gasteiger partial charge in [0.2, 0.25) is 5.91 Å². The number of amides is 1. The molecule has 0 spiro atoms. The van der Waals surface area contributed by atoms with Gasteiger partial charge >= 0.3 is 0 Å². The summed E-state index contributed by atoms with van der Waals surface area (Å²) in [4.78, 5) is 11.9. The molecule has 0 aromatic carbocycles. The van der Waals surface area contributed by atoms with Crippen molar-refractivity contribution < 1.29 is 4.79 Å². The Morgan fingerprint density at radius 2 is 1.91 bits per heavy atom. The van der Waals surface area contributed by atoms with Gasteiger partial charge < -0.3 is 10.6 Å². The molecule has 23 heavy (non-hydrogen) atoms. The van der Waals surface area contributed by atoms with Crippen LogP contribution in [-0.2, 0) is 17.8 Å². The lowest BCUT2D eigenvalue weighted by atomic mass is 10.1. The number of halogens is 1. The Bertz CT molecular complexity index is 471. The van der Waals surface area contributed by atoms with E-state index in [0.717, 1.165) is 38.2 Å². The number of carbonyl (C=O) groups is 1. The van der Waals surface area contributed by atoms with Gasteiger partial charge in [0.05, 0.1) is 5.69 Å². The minimum atomic E-state index is 0. The third kappa shape index (κ3) is 7.84. The zero-order valence-corrected chi connectivity index (χ0v) is 16.1. The Balaban J connectivity index is 0.00000484. The summed E-state index contributed by atoms with van der Waals surface area (Å²) in [6, 6.07) is 0. The van der Waals surface area contributed by atoms with Crippen LogP contribution in [0.5, 0.6) is 0 Å². The molecule has 1 heterocycles. The molecule has 0 saturated carbocycles. The number of carbonyl (C=O) groups excluding carboxylic acids is 1. The molecule has 0 unspecified atom stereocenters. The second-order valence-electron chi connectivity index (χ2n) is 6.33. The molecule has 0 aliphatic rings. The third-order valence-electron chi connectivity index (χ3n) is 3.72. The molecule has 0 radical (unpaired) electrons. The minimum Gasteiger partial charge on any atom is -0.355 e. The average Bonchev–Trinajstić information content (AvgIpc) is 2.70. The SMILES string of the molecule is CCCNCCNC(=O)CCc1c(C)nn(CC(C)C)c1C.Cl. The van der Waals surface area contributed by atoms with E-state index < -0.39 is 0 Å². The second kappa shape index (κ2) is 11.5. The fraction of sp³-hybridized carbons (Fsp3) is 0.765. The fourth-order valence-corrected chi connectivity index (χ4v) is 2.54. The lowest BCUT2D eigenvalue weighted by molar-refractivity contribution is -0.121. The number of rotatable bonds is 10. The van der Waals surface area contributed by atoms with Gasteiger partial charge in [-0.05, 0) is 44.7 Å². The number of nitrogens with one attached hydrogen (secondary N) is 2. The van der Waals surface area contributed by atoms with Crippen LogP contribution in [0.25, 0.3) is 0 Å². The number of aryl methyl sites for hydroxylation is 1. The smallest absolute Gasteiger partial charge is 0.220 e. The number of nitrogens with zero attached hydrogens (tertiary/aromatic N) is 2. The van der Waals surface area contributed by atoms with Gasteiger partial charge in [0.15, 0.2) is 0 Å². The first-order chi connectivity index (χ1) is 10.5. The van der Waals surface area contributed by atoms with E-state index in [0.29, 0.717) is 18.9 Å². The zero-order valence-electron chi connectivity index (χ0n) is 15.2. The molecular weight excluding hydrogens is 312 g/mol. The van der Waals surface area contributed by atoms with E-state index in [2.05, 4.69) is 48.1 Å². The average molecular weight is 345 g/mol. The second-order valence-corrected chi connectivity index (χ2v) is 6.33. The van der Waals surface area contributed by atoms with Crippen molar-refractivity contribution in [3.63, 3.8) is 0 Å². The maximum Gasteiger partial charge on any atom is 0.220 e. The van der Waals surface area contributed by atoms with E-state index >= 15 is 0 Å². The molecule has 1 amide bonds. The monoisotopic (exact) mass is 344 g/mol. The predicted octanol–water partition coefficient (Wildman–Crippen LogP) is 2.63. The molecule has 1 rings (SSSR count). The molecule has 134 valence electrons. The van der Waals surface area contributed by atoms with Gasteiger partial charge in [-0.1, -0.05) is 20.8 Å². The Morgan fingerprint density at radius 1 is 1.22 bits per heavy atom. The first-order valence-corrected chi connectivity index (χ1v) is 8.46. The molecule has 1 aromatic heterocycles. The standard InChI is InChI=1S/C17H32N4O.ClH/c1-6-9-18-10-11-19-17(22)8-7-16-14(4)20-21(15(16)5)12-13(2)3;/h13,18H,6-12H2,1-5H3,(H,19,22);1H. The van der Waals surface area contributed by atoms with E-state index in [1.165, 1.54) is 11.3 Å². The summed E-state index contributed by atoms with van der Waals surface area (Å²) in [5, 5.41) is 10.8. The topological polar surface area (TPSA) is 58.9 Å². The van der Waals surface area contributed by atoms with E-state index in [-0.39, 0.29) is 18.3 Å². The van der Waals surface area contributed by atoms with E-state index in [4.69, 9.17) is 0 Å². The molecule has 0 atom stereocenters. The highest BCUT2D eigenvalue weighted by Gasteiger charge is 2.13. The van der Waals surface area contributed by atoms with Gasteiger partial charge in [-0.3, -0.25) is 9.48 Å². The largest absolute Gasteiger partial charge is 0.355 e. The molecule has 0 fully saturated rings. The summed E-state index contributed by atoms with van der Waals surface area (Å²) >= 11 is 0. The van der Waals surface area contributed by atoms with Crippen molar-refractivity contribution in [1.29, 1.82) is 0 Å². The molecule has 6 heteroatoms. The molecule has 2 N–H and O–H groups in total. The van der Waals surface area contributed by atoms with Crippen molar-refractivity contribution in [3.05, 3.63) is 17.0 Å². The van der Waals surface area contributed by atoms with Crippen LogP contribution in [0.3, 0.4) is 0 Å². The third-order valence-corrected chi connectivity index (χ3v) is 3.72. The van der Waals surface area contributed by atoms with Crippen LogP contribution in [0.15, 0.2) is 0 Å². The first kappa shape index (κ1) is 21.9. The fourth-order valence-electron chi connectivity index (χ4n) is 2.54. The Labute approximate surface area is 147 Å². The van der Waals surface area contributed by atoms with Crippen LogP contribution in [0.2, 0.25) is 0 Å². The molecule has 5 nitrogen and oxygen atoms in total. The maximum atomic E-state index is 11.9. The van der Waals surface area contributed by atoms with Gasteiger partial charge in [0.1, 0.15) is 0 Å². The molecule has 1 aromatic rings. The molecule has 0 saturated heterocycles. The summed E-state index contributed by atoms with van der Waals surface area (Å²) < 4.78 is 2.07. The van der Waals surface area contributed by atoms with Crippen LogP contribution in [0.4, 0.5) is 0 Å². The van der Waals surface area contributed by atoms with Gasteiger partial charge in [-0.15, -0.1) is 12.4 Å². The van der Waals surface area contributed by atoms with Crippen molar-refractivity contribution >= 4 is 18.3 Å². The Hall–Kier alpha value is -1.07. The lowest BCUT2D eigenvalue weighted by Crippen LogP contribution is -2.32. The normalized spacial score (nSPS) is 10.7. The van der Waals surface area contributed by atoms with Gasteiger partial charge in [0, 0.05) is 31.7 Å². The molecule has 0 bridgehead atoms. The zero-order chi connectivity index (χ0) is 16.5. The van der Waals surface area contributed by atoms with Gasteiger partial charge in [0.25, 0.3) is 0 Å². The van der Waals surface area contributed by atoms with Crippen LogP contribution >= 0.6 is 12.4 Å². The molecular formula is C17H33ClN4O.